The van der Waals surface area contributed by atoms with Crippen LogP contribution in [-0.4, -0.2) is 48.8 Å². The summed E-state index contributed by atoms with van der Waals surface area (Å²) in [5, 5.41) is 6.88. The van der Waals surface area contributed by atoms with Crippen LogP contribution >= 0.6 is 0 Å². The number of anilines is 3. The monoisotopic (exact) mass is 304 g/mol. The predicted octanol–water partition coefficient (Wildman–Crippen LogP) is 0.830. The molecule has 4 rings (SSSR count). The summed E-state index contributed by atoms with van der Waals surface area (Å²) < 4.78 is 6.12. The molecule has 2 unspecified atom stereocenters. The van der Waals surface area contributed by atoms with Crippen molar-refractivity contribution in [3.63, 3.8) is 0 Å². The molecule has 0 spiro atoms. The van der Waals surface area contributed by atoms with Crippen molar-refractivity contribution in [3.05, 3.63) is 0 Å². The third kappa shape index (κ3) is 2.33. The number of hydrogen-bond donors (Lipinski definition) is 3. The van der Waals surface area contributed by atoms with E-state index in [2.05, 4.69) is 25.5 Å². The standard InChI is InChI=1S/C15H24N6O/c1-17-10-5-6-21(7-10)14-12-13(19-15(16)20-14)18-11-4-2-3-9(11)8-22-12/h9-11,17H,2-8H2,1H3,(H3,16,18,19,20)/t9?,10-,11?/m1/s1. The molecule has 7 nitrogen and oxygen atoms in total. The fourth-order valence-corrected chi connectivity index (χ4v) is 3.88. The first-order valence-electron chi connectivity index (χ1n) is 8.23. The normalized spacial score (nSPS) is 30.2. The Morgan fingerprint density at radius 2 is 2.23 bits per heavy atom. The molecule has 1 saturated heterocycles. The second kappa shape index (κ2) is 5.46. The van der Waals surface area contributed by atoms with Gasteiger partial charge in [-0.05, 0) is 26.3 Å². The van der Waals surface area contributed by atoms with Crippen molar-refractivity contribution >= 4 is 17.6 Å². The minimum Gasteiger partial charge on any atom is -0.486 e. The summed E-state index contributed by atoms with van der Waals surface area (Å²) in [5.41, 5.74) is 5.95. The van der Waals surface area contributed by atoms with Crippen molar-refractivity contribution in [2.75, 3.05) is 42.7 Å². The van der Waals surface area contributed by atoms with Crippen LogP contribution in [0.3, 0.4) is 0 Å². The van der Waals surface area contributed by atoms with E-state index in [0.29, 0.717) is 23.9 Å². The Kier molecular flexibility index (Phi) is 3.44. The van der Waals surface area contributed by atoms with Crippen LogP contribution in [0.2, 0.25) is 0 Å². The van der Waals surface area contributed by atoms with Crippen LogP contribution in [0.15, 0.2) is 0 Å². The molecule has 0 aromatic carbocycles. The molecule has 2 aliphatic heterocycles. The van der Waals surface area contributed by atoms with Crippen LogP contribution in [-0.2, 0) is 0 Å². The number of rotatable bonds is 2. The van der Waals surface area contributed by atoms with E-state index >= 15 is 0 Å². The summed E-state index contributed by atoms with van der Waals surface area (Å²) in [6.45, 7) is 2.63. The highest BCUT2D eigenvalue weighted by Crippen LogP contribution is 2.41. The Morgan fingerprint density at radius 3 is 3.05 bits per heavy atom. The Labute approximate surface area is 130 Å². The first kappa shape index (κ1) is 13.9. The second-order valence-corrected chi connectivity index (χ2v) is 6.56. The number of nitrogens with one attached hydrogen (secondary N) is 2. The largest absolute Gasteiger partial charge is 0.486 e. The van der Waals surface area contributed by atoms with Gasteiger partial charge in [-0.25, -0.2) is 0 Å². The molecule has 4 N–H and O–H groups in total. The molecular formula is C15H24N6O. The number of fused-ring (bicyclic) bond motifs is 2. The van der Waals surface area contributed by atoms with Gasteiger partial charge >= 0.3 is 0 Å². The van der Waals surface area contributed by atoms with Gasteiger partial charge in [-0.1, -0.05) is 6.42 Å². The molecule has 3 atom stereocenters. The van der Waals surface area contributed by atoms with Gasteiger partial charge in [0.1, 0.15) is 0 Å². The van der Waals surface area contributed by atoms with Gasteiger partial charge in [0.25, 0.3) is 0 Å². The fourth-order valence-electron chi connectivity index (χ4n) is 3.88. The summed E-state index contributed by atoms with van der Waals surface area (Å²) in [7, 11) is 2.00. The van der Waals surface area contributed by atoms with Crippen LogP contribution in [0, 0.1) is 5.92 Å². The molecular weight excluding hydrogens is 280 g/mol. The van der Waals surface area contributed by atoms with Crippen LogP contribution in [0.25, 0.3) is 0 Å². The molecule has 7 heteroatoms. The average molecular weight is 304 g/mol. The Hall–Kier alpha value is -1.76. The molecule has 3 aliphatic rings. The lowest BCUT2D eigenvalue weighted by molar-refractivity contribution is 0.254. The van der Waals surface area contributed by atoms with E-state index in [4.69, 9.17) is 10.5 Å². The van der Waals surface area contributed by atoms with Crippen LogP contribution < -0.4 is 26.0 Å². The average Bonchev–Trinajstić information content (AvgIpc) is 3.12. The molecule has 120 valence electrons. The number of nitrogens with two attached hydrogens (primary N) is 1. The SMILES string of the molecule is CN[C@@H]1CCN(c2nc(N)nc3c2OCC2CCCC2N3)C1. The zero-order valence-electron chi connectivity index (χ0n) is 13.0. The van der Waals surface area contributed by atoms with Crippen molar-refractivity contribution in [3.8, 4) is 5.75 Å². The van der Waals surface area contributed by atoms with E-state index in [0.717, 1.165) is 43.5 Å². The Balaban J connectivity index is 1.67. The van der Waals surface area contributed by atoms with E-state index in [1.807, 2.05) is 7.05 Å². The van der Waals surface area contributed by atoms with Gasteiger partial charge in [-0.15, -0.1) is 0 Å². The van der Waals surface area contributed by atoms with Gasteiger partial charge in [-0.2, -0.15) is 9.97 Å². The minimum atomic E-state index is 0.314. The molecule has 1 saturated carbocycles. The quantitative estimate of drug-likeness (QED) is 0.746. The molecule has 1 aromatic heterocycles. The summed E-state index contributed by atoms with van der Waals surface area (Å²) in [6.07, 6.45) is 4.76. The maximum atomic E-state index is 6.12. The zero-order valence-corrected chi connectivity index (χ0v) is 13.0. The van der Waals surface area contributed by atoms with Crippen molar-refractivity contribution in [2.45, 2.75) is 37.8 Å². The van der Waals surface area contributed by atoms with Gasteiger partial charge in [0.2, 0.25) is 11.7 Å². The molecule has 0 amide bonds. The van der Waals surface area contributed by atoms with Crippen molar-refractivity contribution in [1.29, 1.82) is 0 Å². The van der Waals surface area contributed by atoms with Gasteiger partial charge in [-0.3, -0.25) is 0 Å². The lowest BCUT2D eigenvalue weighted by Gasteiger charge is -2.22. The van der Waals surface area contributed by atoms with Gasteiger partial charge < -0.3 is 26.0 Å². The summed E-state index contributed by atoms with van der Waals surface area (Å²) in [5.74, 6) is 3.26. The predicted molar refractivity (Wildman–Crippen MR) is 86.4 cm³/mol. The van der Waals surface area contributed by atoms with E-state index in [1.54, 1.807) is 0 Å². The third-order valence-electron chi connectivity index (χ3n) is 5.18. The van der Waals surface area contributed by atoms with Crippen LogP contribution in [0.1, 0.15) is 25.7 Å². The summed E-state index contributed by atoms with van der Waals surface area (Å²) in [6, 6.07) is 0.942. The van der Waals surface area contributed by atoms with E-state index in [9.17, 15) is 0 Å². The summed E-state index contributed by atoms with van der Waals surface area (Å²) in [4.78, 5) is 11.1. The van der Waals surface area contributed by atoms with Crippen molar-refractivity contribution in [1.82, 2.24) is 15.3 Å². The number of aromatic nitrogens is 2. The number of nitrogen functional groups attached to an aromatic ring is 1. The van der Waals surface area contributed by atoms with Crippen molar-refractivity contribution in [2.24, 2.45) is 5.92 Å². The molecule has 1 aromatic rings. The molecule has 0 bridgehead atoms. The molecule has 0 radical (unpaired) electrons. The maximum absolute atomic E-state index is 6.12. The van der Waals surface area contributed by atoms with Gasteiger partial charge in [0, 0.05) is 31.1 Å². The molecule has 1 aliphatic carbocycles. The smallest absolute Gasteiger partial charge is 0.224 e. The van der Waals surface area contributed by atoms with E-state index in [-0.39, 0.29) is 0 Å². The Morgan fingerprint density at radius 1 is 1.32 bits per heavy atom. The topological polar surface area (TPSA) is 88.3 Å². The highest BCUT2D eigenvalue weighted by atomic mass is 16.5. The fraction of sp³-hybridized carbons (Fsp3) is 0.733. The minimum absolute atomic E-state index is 0.314. The number of nitrogens with zero attached hydrogens (tertiary/aromatic N) is 3. The molecule has 3 heterocycles. The number of hydrogen-bond acceptors (Lipinski definition) is 7. The van der Waals surface area contributed by atoms with Gasteiger partial charge in [0.15, 0.2) is 11.6 Å². The molecule has 2 fully saturated rings. The zero-order chi connectivity index (χ0) is 15.1. The highest BCUT2D eigenvalue weighted by molar-refractivity contribution is 5.68. The van der Waals surface area contributed by atoms with E-state index < -0.39 is 0 Å². The van der Waals surface area contributed by atoms with E-state index in [1.165, 1.54) is 19.3 Å². The number of ether oxygens (including phenoxy) is 1. The van der Waals surface area contributed by atoms with Crippen LogP contribution in [0.5, 0.6) is 5.75 Å². The lowest BCUT2D eigenvalue weighted by atomic mass is 10.1. The first-order valence-corrected chi connectivity index (χ1v) is 8.23. The maximum Gasteiger partial charge on any atom is 0.224 e. The second-order valence-electron chi connectivity index (χ2n) is 6.56. The van der Waals surface area contributed by atoms with Crippen LogP contribution in [0.4, 0.5) is 17.6 Å². The highest BCUT2D eigenvalue weighted by Gasteiger charge is 2.35. The first-order chi connectivity index (χ1) is 10.7. The molecule has 22 heavy (non-hydrogen) atoms. The van der Waals surface area contributed by atoms with Crippen molar-refractivity contribution < 1.29 is 4.74 Å². The van der Waals surface area contributed by atoms with Gasteiger partial charge in [0.05, 0.1) is 6.61 Å². The third-order valence-corrected chi connectivity index (χ3v) is 5.18. The summed E-state index contributed by atoms with van der Waals surface area (Å²) >= 11 is 0. The number of likely N-dealkylation sites (N-methyl/N-ethyl adjacent to an activating group) is 1. The lowest BCUT2D eigenvalue weighted by Crippen LogP contribution is -2.30. The Bertz CT molecular complexity index is 565.